The molecular weight excluding hydrogens is 240 g/mol. The molecule has 1 saturated heterocycles. The molecule has 1 heterocycles. The van der Waals surface area contributed by atoms with E-state index in [1.54, 1.807) is 18.2 Å². The average Bonchev–Trinajstić information content (AvgIpc) is 2.67. The summed E-state index contributed by atoms with van der Waals surface area (Å²) in [6, 6.07) is 5.18. The van der Waals surface area contributed by atoms with Crippen molar-refractivity contribution in [3.8, 4) is 0 Å². The Kier molecular flexibility index (Phi) is 3.54. The number of amides is 1. The second-order valence-electron chi connectivity index (χ2n) is 4.17. The van der Waals surface area contributed by atoms with E-state index in [0.29, 0.717) is 10.6 Å². The third-order valence-electron chi connectivity index (χ3n) is 2.97. The Morgan fingerprint density at radius 1 is 1.59 bits per heavy atom. The lowest BCUT2D eigenvalue weighted by atomic mass is 10.1. The van der Waals surface area contributed by atoms with E-state index in [0.717, 1.165) is 18.7 Å². The highest BCUT2D eigenvalue weighted by atomic mass is 35.5. The third kappa shape index (κ3) is 2.70. The van der Waals surface area contributed by atoms with Crippen LogP contribution in [0.3, 0.4) is 0 Å². The highest BCUT2D eigenvalue weighted by Crippen LogP contribution is 2.26. The van der Waals surface area contributed by atoms with Crippen LogP contribution in [0.2, 0.25) is 5.02 Å². The summed E-state index contributed by atoms with van der Waals surface area (Å²) in [4.78, 5) is 11.1. The molecule has 0 aliphatic carbocycles. The van der Waals surface area contributed by atoms with Gasteiger partial charge in [0, 0.05) is 12.2 Å². The summed E-state index contributed by atoms with van der Waals surface area (Å²) < 4.78 is 5.46. The standard InChI is InChI=1S/C12H15ClN2O2/c1-7-10(4-5-17-7)15-11-6-8(12(14)16)2-3-9(11)13/h2-3,6-7,10,15H,4-5H2,1H3,(H2,14,16). The highest BCUT2D eigenvalue weighted by Gasteiger charge is 2.24. The first-order valence-electron chi connectivity index (χ1n) is 5.55. The van der Waals surface area contributed by atoms with Gasteiger partial charge in [-0.2, -0.15) is 0 Å². The van der Waals surface area contributed by atoms with Gasteiger partial charge in [-0.25, -0.2) is 0 Å². The maximum absolute atomic E-state index is 11.1. The molecule has 0 saturated carbocycles. The molecule has 2 rings (SSSR count). The van der Waals surface area contributed by atoms with Crippen LogP contribution in [0.15, 0.2) is 18.2 Å². The van der Waals surface area contributed by atoms with Gasteiger partial charge in [-0.15, -0.1) is 0 Å². The van der Waals surface area contributed by atoms with E-state index >= 15 is 0 Å². The average molecular weight is 255 g/mol. The molecule has 1 aliphatic heterocycles. The molecule has 0 radical (unpaired) electrons. The van der Waals surface area contributed by atoms with E-state index in [1.807, 2.05) is 6.92 Å². The highest BCUT2D eigenvalue weighted by molar-refractivity contribution is 6.33. The van der Waals surface area contributed by atoms with Crippen LogP contribution in [-0.4, -0.2) is 24.7 Å². The van der Waals surface area contributed by atoms with Crippen molar-refractivity contribution in [1.29, 1.82) is 0 Å². The minimum absolute atomic E-state index is 0.142. The number of hydrogen-bond acceptors (Lipinski definition) is 3. The second-order valence-corrected chi connectivity index (χ2v) is 4.58. The molecule has 1 fully saturated rings. The second kappa shape index (κ2) is 4.94. The van der Waals surface area contributed by atoms with Crippen LogP contribution in [0.25, 0.3) is 0 Å². The molecular formula is C12H15ClN2O2. The number of benzene rings is 1. The monoisotopic (exact) mass is 254 g/mol. The van der Waals surface area contributed by atoms with Crippen molar-refractivity contribution in [2.75, 3.05) is 11.9 Å². The molecule has 2 unspecified atom stereocenters. The van der Waals surface area contributed by atoms with Gasteiger partial charge in [0.15, 0.2) is 0 Å². The first kappa shape index (κ1) is 12.2. The van der Waals surface area contributed by atoms with E-state index in [1.165, 1.54) is 0 Å². The Morgan fingerprint density at radius 3 is 2.94 bits per heavy atom. The normalized spacial score (nSPS) is 23.6. The lowest BCUT2D eigenvalue weighted by Crippen LogP contribution is -2.27. The Labute approximate surface area is 105 Å². The number of nitrogens with two attached hydrogens (primary N) is 1. The predicted octanol–water partition coefficient (Wildman–Crippen LogP) is 2.03. The fourth-order valence-corrected chi connectivity index (χ4v) is 2.08. The van der Waals surface area contributed by atoms with Crippen molar-refractivity contribution in [3.05, 3.63) is 28.8 Å². The van der Waals surface area contributed by atoms with Gasteiger partial charge in [-0.3, -0.25) is 4.79 Å². The largest absolute Gasteiger partial charge is 0.378 e. The van der Waals surface area contributed by atoms with E-state index in [4.69, 9.17) is 22.1 Å². The zero-order chi connectivity index (χ0) is 12.4. The summed E-state index contributed by atoms with van der Waals surface area (Å²) in [6.45, 7) is 2.75. The first-order chi connectivity index (χ1) is 8.08. The van der Waals surface area contributed by atoms with Gasteiger partial charge in [0.05, 0.1) is 22.9 Å². The van der Waals surface area contributed by atoms with Crippen molar-refractivity contribution in [3.63, 3.8) is 0 Å². The summed E-state index contributed by atoms with van der Waals surface area (Å²) in [5.41, 5.74) is 6.41. The van der Waals surface area contributed by atoms with Crippen molar-refractivity contribution < 1.29 is 9.53 Å². The van der Waals surface area contributed by atoms with Gasteiger partial charge in [0.1, 0.15) is 0 Å². The van der Waals surface area contributed by atoms with Gasteiger partial charge in [0.25, 0.3) is 0 Å². The number of ether oxygens (including phenoxy) is 1. The van der Waals surface area contributed by atoms with E-state index < -0.39 is 5.91 Å². The van der Waals surface area contributed by atoms with Gasteiger partial charge in [-0.1, -0.05) is 11.6 Å². The molecule has 92 valence electrons. The van der Waals surface area contributed by atoms with Crippen LogP contribution in [0.4, 0.5) is 5.69 Å². The molecule has 17 heavy (non-hydrogen) atoms. The topological polar surface area (TPSA) is 64.3 Å². The number of halogens is 1. The van der Waals surface area contributed by atoms with E-state index in [-0.39, 0.29) is 12.1 Å². The molecule has 0 bridgehead atoms. The molecule has 1 aromatic rings. The summed E-state index contributed by atoms with van der Waals surface area (Å²) in [5.74, 6) is -0.458. The summed E-state index contributed by atoms with van der Waals surface area (Å²) in [7, 11) is 0. The molecule has 3 N–H and O–H groups in total. The van der Waals surface area contributed by atoms with Crippen molar-refractivity contribution in [1.82, 2.24) is 0 Å². The quantitative estimate of drug-likeness (QED) is 0.868. The Hall–Kier alpha value is -1.26. The van der Waals surface area contributed by atoms with Crippen LogP contribution in [0.1, 0.15) is 23.7 Å². The van der Waals surface area contributed by atoms with Gasteiger partial charge >= 0.3 is 0 Å². The molecule has 5 heteroatoms. The maximum atomic E-state index is 11.1. The minimum Gasteiger partial charge on any atom is -0.378 e. The minimum atomic E-state index is -0.458. The zero-order valence-corrected chi connectivity index (χ0v) is 10.3. The molecule has 1 aliphatic rings. The van der Waals surface area contributed by atoms with Crippen LogP contribution >= 0.6 is 11.6 Å². The Morgan fingerprint density at radius 2 is 2.35 bits per heavy atom. The van der Waals surface area contributed by atoms with Gasteiger partial charge < -0.3 is 15.8 Å². The lowest BCUT2D eigenvalue weighted by molar-refractivity contribution is 0.100. The third-order valence-corrected chi connectivity index (χ3v) is 3.30. The fourth-order valence-electron chi connectivity index (χ4n) is 1.91. The number of nitrogens with one attached hydrogen (secondary N) is 1. The molecule has 1 amide bonds. The number of hydrogen-bond donors (Lipinski definition) is 2. The number of anilines is 1. The number of carbonyl (C=O) groups excluding carboxylic acids is 1. The van der Waals surface area contributed by atoms with Crippen molar-refractivity contribution in [2.24, 2.45) is 5.73 Å². The number of primary amides is 1. The lowest BCUT2D eigenvalue weighted by Gasteiger charge is -2.18. The fraction of sp³-hybridized carbons (Fsp3) is 0.417. The Balaban J connectivity index is 2.19. The molecule has 2 atom stereocenters. The van der Waals surface area contributed by atoms with E-state index in [9.17, 15) is 4.79 Å². The van der Waals surface area contributed by atoms with Crippen LogP contribution < -0.4 is 11.1 Å². The SMILES string of the molecule is CC1OCCC1Nc1cc(C(N)=O)ccc1Cl. The van der Waals surface area contributed by atoms with Crippen molar-refractivity contribution >= 4 is 23.2 Å². The number of rotatable bonds is 3. The summed E-state index contributed by atoms with van der Waals surface area (Å²) in [6.07, 6.45) is 1.07. The van der Waals surface area contributed by atoms with Crippen LogP contribution in [0.5, 0.6) is 0 Å². The first-order valence-corrected chi connectivity index (χ1v) is 5.93. The van der Waals surface area contributed by atoms with Crippen LogP contribution in [-0.2, 0) is 4.74 Å². The van der Waals surface area contributed by atoms with Gasteiger partial charge in [0.2, 0.25) is 5.91 Å². The molecule has 4 nitrogen and oxygen atoms in total. The van der Waals surface area contributed by atoms with Gasteiger partial charge in [-0.05, 0) is 31.5 Å². The summed E-state index contributed by atoms with van der Waals surface area (Å²) in [5, 5.41) is 3.87. The summed E-state index contributed by atoms with van der Waals surface area (Å²) >= 11 is 6.07. The maximum Gasteiger partial charge on any atom is 0.248 e. The smallest absolute Gasteiger partial charge is 0.248 e. The van der Waals surface area contributed by atoms with Crippen molar-refractivity contribution in [2.45, 2.75) is 25.5 Å². The zero-order valence-electron chi connectivity index (χ0n) is 9.57. The Bertz CT molecular complexity index is 437. The van der Waals surface area contributed by atoms with Crippen LogP contribution in [0, 0.1) is 0 Å². The predicted molar refractivity (Wildman–Crippen MR) is 67.4 cm³/mol. The van der Waals surface area contributed by atoms with E-state index in [2.05, 4.69) is 5.32 Å². The molecule has 0 aromatic heterocycles. The molecule has 1 aromatic carbocycles. The number of carbonyl (C=O) groups is 1. The molecule has 0 spiro atoms.